The molecule has 0 heterocycles. The number of aliphatic hydroxyl groups is 2. The molecule has 1 unspecified atom stereocenters. The highest BCUT2D eigenvalue weighted by Gasteiger charge is 2.20. The van der Waals surface area contributed by atoms with E-state index in [0.717, 1.165) is 0 Å². The first-order valence-corrected chi connectivity index (χ1v) is 6.25. The average Bonchev–Trinajstić information content (AvgIpc) is 2.45. The van der Waals surface area contributed by atoms with Gasteiger partial charge in [0, 0.05) is 6.61 Å². The summed E-state index contributed by atoms with van der Waals surface area (Å²) >= 11 is 0. The Kier molecular flexibility index (Phi) is 6.14. The van der Waals surface area contributed by atoms with Gasteiger partial charge in [-0.15, -0.1) is 0 Å². The quantitative estimate of drug-likeness (QED) is 0.515. The summed E-state index contributed by atoms with van der Waals surface area (Å²) in [7, 11) is 1.19. The van der Waals surface area contributed by atoms with Gasteiger partial charge in [-0.05, 0) is 37.0 Å². The molecule has 110 valence electrons. The number of hydrogen-bond acceptors (Lipinski definition) is 5. The molecule has 0 aromatic heterocycles. The SMILES string of the molecule is COC(=O)c1cc(C(=O)O)ccc1C(O)CCCCO. The van der Waals surface area contributed by atoms with Crippen LogP contribution in [0.15, 0.2) is 18.2 Å². The van der Waals surface area contributed by atoms with Crippen molar-refractivity contribution in [2.24, 2.45) is 0 Å². The number of benzene rings is 1. The zero-order valence-electron chi connectivity index (χ0n) is 11.2. The smallest absolute Gasteiger partial charge is 0.338 e. The largest absolute Gasteiger partial charge is 0.478 e. The van der Waals surface area contributed by atoms with Crippen LogP contribution in [0.2, 0.25) is 0 Å². The molecule has 20 heavy (non-hydrogen) atoms. The molecule has 0 aliphatic rings. The van der Waals surface area contributed by atoms with Crippen LogP contribution in [0.5, 0.6) is 0 Å². The van der Waals surface area contributed by atoms with Gasteiger partial charge in [-0.2, -0.15) is 0 Å². The fourth-order valence-electron chi connectivity index (χ4n) is 1.87. The van der Waals surface area contributed by atoms with Crippen molar-refractivity contribution in [3.05, 3.63) is 34.9 Å². The maximum absolute atomic E-state index is 11.7. The highest BCUT2D eigenvalue weighted by molar-refractivity contribution is 5.95. The summed E-state index contributed by atoms with van der Waals surface area (Å²) in [6, 6.07) is 3.94. The number of esters is 1. The van der Waals surface area contributed by atoms with Crippen LogP contribution in [-0.2, 0) is 4.74 Å². The molecule has 0 radical (unpaired) electrons. The van der Waals surface area contributed by atoms with E-state index in [1.165, 1.54) is 25.3 Å². The molecule has 1 aromatic carbocycles. The number of carbonyl (C=O) groups is 2. The molecule has 0 saturated heterocycles. The topological polar surface area (TPSA) is 104 Å². The van der Waals surface area contributed by atoms with Crippen LogP contribution in [-0.4, -0.2) is 41.0 Å². The predicted octanol–water partition coefficient (Wildman–Crippen LogP) is 1.37. The maximum atomic E-state index is 11.7. The van der Waals surface area contributed by atoms with Gasteiger partial charge >= 0.3 is 11.9 Å². The highest BCUT2D eigenvalue weighted by atomic mass is 16.5. The number of carbonyl (C=O) groups excluding carboxylic acids is 1. The van der Waals surface area contributed by atoms with Crippen molar-refractivity contribution in [1.82, 2.24) is 0 Å². The van der Waals surface area contributed by atoms with Gasteiger partial charge in [-0.3, -0.25) is 0 Å². The van der Waals surface area contributed by atoms with E-state index in [1.54, 1.807) is 0 Å². The van der Waals surface area contributed by atoms with Gasteiger partial charge in [0.05, 0.1) is 24.3 Å². The van der Waals surface area contributed by atoms with E-state index in [9.17, 15) is 14.7 Å². The summed E-state index contributed by atoms with van der Waals surface area (Å²) in [6.07, 6.45) is 0.617. The Bertz CT molecular complexity index is 483. The molecule has 1 rings (SSSR count). The van der Waals surface area contributed by atoms with E-state index < -0.39 is 18.0 Å². The molecule has 1 atom stereocenters. The number of aromatic carboxylic acids is 1. The van der Waals surface area contributed by atoms with Crippen molar-refractivity contribution >= 4 is 11.9 Å². The second-order valence-electron chi connectivity index (χ2n) is 4.33. The first-order valence-electron chi connectivity index (χ1n) is 6.25. The number of methoxy groups -OCH3 is 1. The lowest BCUT2D eigenvalue weighted by molar-refractivity contribution is 0.0592. The van der Waals surface area contributed by atoms with E-state index in [1.807, 2.05) is 0 Å². The Hall–Kier alpha value is -1.92. The Balaban J connectivity index is 3.04. The van der Waals surface area contributed by atoms with Crippen LogP contribution < -0.4 is 0 Å². The molecule has 6 heteroatoms. The van der Waals surface area contributed by atoms with Gasteiger partial charge in [0.1, 0.15) is 0 Å². The molecule has 0 saturated carbocycles. The molecule has 0 bridgehead atoms. The molecule has 1 aromatic rings. The monoisotopic (exact) mass is 282 g/mol. The fourth-order valence-corrected chi connectivity index (χ4v) is 1.87. The van der Waals surface area contributed by atoms with E-state index in [0.29, 0.717) is 24.8 Å². The normalized spacial score (nSPS) is 11.9. The van der Waals surface area contributed by atoms with Crippen LogP contribution in [0.3, 0.4) is 0 Å². The van der Waals surface area contributed by atoms with E-state index in [4.69, 9.17) is 10.2 Å². The van der Waals surface area contributed by atoms with Crippen LogP contribution in [0.4, 0.5) is 0 Å². The van der Waals surface area contributed by atoms with Crippen molar-refractivity contribution in [2.75, 3.05) is 13.7 Å². The van der Waals surface area contributed by atoms with Crippen molar-refractivity contribution < 1.29 is 29.6 Å². The molecule has 0 aliphatic carbocycles. The second kappa shape index (κ2) is 7.62. The summed E-state index contributed by atoms with van der Waals surface area (Å²) < 4.78 is 4.60. The molecule has 0 amide bonds. The van der Waals surface area contributed by atoms with Crippen molar-refractivity contribution in [3.8, 4) is 0 Å². The molecule has 6 nitrogen and oxygen atoms in total. The van der Waals surface area contributed by atoms with Gasteiger partial charge in [0.25, 0.3) is 0 Å². The van der Waals surface area contributed by atoms with E-state index in [2.05, 4.69) is 4.74 Å². The first-order chi connectivity index (χ1) is 9.51. The van der Waals surface area contributed by atoms with Crippen LogP contribution in [0.1, 0.15) is 51.6 Å². The lowest BCUT2D eigenvalue weighted by atomic mass is 9.96. The first kappa shape index (κ1) is 16.1. The molecular formula is C14H18O6. The third-order valence-corrected chi connectivity index (χ3v) is 2.95. The van der Waals surface area contributed by atoms with E-state index >= 15 is 0 Å². The average molecular weight is 282 g/mol. The maximum Gasteiger partial charge on any atom is 0.338 e. The van der Waals surface area contributed by atoms with E-state index in [-0.39, 0.29) is 17.7 Å². The number of carboxylic acids is 1. The summed E-state index contributed by atoms with van der Waals surface area (Å²) in [4.78, 5) is 22.6. The fraction of sp³-hybridized carbons (Fsp3) is 0.429. The summed E-state index contributed by atoms with van der Waals surface area (Å²) in [6.45, 7) is 0.0362. The number of hydrogen-bond donors (Lipinski definition) is 3. The van der Waals surface area contributed by atoms with Crippen molar-refractivity contribution in [1.29, 1.82) is 0 Å². The van der Waals surface area contributed by atoms with Gasteiger partial charge < -0.3 is 20.1 Å². The van der Waals surface area contributed by atoms with Crippen LogP contribution in [0.25, 0.3) is 0 Å². The summed E-state index contributed by atoms with van der Waals surface area (Å²) in [5.74, 6) is -1.85. The van der Waals surface area contributed by atoms with Crippen molar-refractivity contribution in [3.63, 3.8) is 0 Å². The predicted molar refractivity (Wildman–Crippen MR) is 70.6 cm³/mol. The van der Waals surface area contributed by atoms with Gasteiger partial charge in [-0.1, -0.05) is 6.07 Å². The Morgan fingerprint density at radius 1 is 1.30 bits per heavy atom. The minimum absolute atomic E-state index is 0.0362. The van der Waals surface area contributed by atoms with Gasteiger partial charge in [0.15, 0.2) is 0 Å². The summed E-state index contributed by atoms with van der Waals surface area (Å²) in [5.41, 5.74) is 0.334. The number of carboxylic acid groups (broad SMARTS) is 1. The Morgan fingerprint density at radius 2 is 2.00 bits per heavy atom. The minimum Gasteiger partial charge on any atom is -0.478 e. The molecule has 3 N–H and O–H groups in total. The number of ether oxygens (including phenoxy) is 1. The zero-order chi connectivity index (χ0) is 15.1. The zero-order valence-corrected chi connectivity index (χ0v) is 11.2. The lowest BCUT2D eigenvalue weighted by Crippen LogP contribution is -2.11. The Morgan fingerprint density at radius 3 is 2.55 bits per heavy atom. The molecule has 0 fully saturated rings. The third-order valence-electron chi connectivity index (χ3n) is 2.95. The van der Waals surface area contributed by atoms with Gasteiger partial charge in [0.2, 0.25) is 0 Å². The number of aliphatic hydroxyl groups excluding tert-OH is 2. The van der Waals surface area contributed by atoms with Crippen LogP contribution >= 0.6 is 0 Å². The highest BCUT2D eigenvalue weighted by Crippen LogP contribution is 2.24. The Labute approximate surface area is 116 Å². The van der Waals surface area contributed by atoms with Crippen molar-refractivity contribution in [2.45, 2.75) is 25.4 Å². The van der Waals surface area contributed by atoms with Gasteiger partial charge in [-0.25, -0.2) is 9.59 Å². The molecular weight excluding hydrogens is 264 g/mol. The van der Waals surface area contributed by atoms with Crippen LogP contribution in [0, 0.1) is 0 Å². The third kappa shape index (κ3) is 4.04. The minimum atomic E-state index is -1.16. The molecule has 0 spiro atoms. The standard InChI is InChI=1S/C14H18O6/c1-20-14(19)11-8-9(13(17)18)5-6-10(11)12(16)4-2-3-7-15/h5-6,8,12,15-16H,2-4,7H2,1H3,(H,17,18). The number of unbranched alkanes of at least 4 members (excludes halogenated alkanes) is 1. The second-order valence-corrected chi connectivity index (χ2v) is 4.33. The lowest BCUT2D eigenvalue weighted by Gasteiger charge is -2.15. The summed E-state index contributed by atoms with van der Waals surface area (Å²) in [5, 5.41) is 27.7. The molecule has 0 aliphatic heterocycles. The number of rotatable bonds is 7.